The second-order valence-electron chi connectivity index (χ2n) is 4.83. The minimum atomic E-state index is -3.64. The van der Waals surface area contributed by atoms with E-state index in [1.54, 1.807) is 6.07 Å². The van der Waals surface area contributed by atoms with Crippen LogP contribution in [0.5, 0.6) is 0 Å². The number of rotatable bonds is 6. The number of carbonyl (C=O) groups excluding carboxylic acids is 1. The molecular weight excluding hydrogens is 306 g/mol. The maximum Gasteiger partial charge on any atom is 0.270 e. The molecule has 0 saturated heterocycles. The fraction of sp³-hybridized carbons (Fsp3) is 0.583. The highest BCUT2D eigenvalue weighted by molar-refractivity contribution is 8.15. The molecule has 1 atom stereocenters. The minimum Gasteiger partial charge on any atom is -0.356 e. The Bertz CT molecular complexity index is 563. The Morgan fingerprint density at radius 3 is 2.74 bits per heavy atom. The van der Waals surface area contributed by atoms with Crippen molar-refractivity contribution in [3.63, 3.8) is 0 Å². The fourth-order valence-electron chi connectivity index (χ4n) is 1.90. The van der Waals surface area contributed by atoms with E-state index in [1.807, 2.05) is 6.92 Å². The normalized spacial score (nSPS) is 17.2. The molecule has 1 N–H and O–H groups in total. The van der Waals surface area contributed by atoms with Gasteiger partial charge in [0, 0.05) is 28.0 Å². The summed E-state index contributed by atoms with van der Waals surface area (Å²) < 4.78 is 22.4. The smallest absolute Gasteiger partial charge is 0.270 e. The molecule has 1 fully saturated rings. The van der Waals surface area contributed by atoms with E-state index in [-0.39, 0.29) is 16.0 Å². The maximum atomic E-state index is 11.8. The molecule has 4 nitrogen and oxygen atoms in total. The second-order valence-corrected chi connectivity index (χ2v) is 8.79. The highest BCUT2D eigenvalue weighted by atomic mass is 35.7. The monoisotopic (exact) mass is 321 g/mol. The molecule has 0 spiro atoms. The predicted octanol–water partition coefficient (Wildman–Crippen LogP) is 2.38. The molecule has 1 aromatic heterocycles. The van der Waals surface area contributed by atoms with E-state index >= 15 is 0 Å². The first-order valence-electron chi connectivity index (χ1n) is 6.19. The highest BCUT2D eigenvalue weighted by Crippen LogP contribution is 2.36. The molecule has 1 amide bonds. The highest BCUT2D eigenvalue weighted by Gasteiger charge is 2.32. The van der Waals surface area contributed by atoms with Crippen molar-refractivity contribution in [2.24, 2.45) is 11.8 Å². The van der Waals surface area contributed by atoms with Crippen LogP contribution in [0.25, 0.3) is 0 Å². The molecule has 1 aliphatic carbocycles. The van der Waals surface area contributed by atoms with Crippen LogP contribution in [-0.4, -0.2) is 20.9 Å². The third-order valence-corrected chi connectivity index (χ3v) is 6.53. The van der Waals surface area contributed by atoms with Crippen molar-refractivity contribution in [2.45, 2.75) is 30.4 Å². The van der Waals surface area contributed by atoms with E-state index < -0.39 is 9.05 Å². The molecule has 1 aliphatic rings. The number of thiophene rings is 1. The molecule has 1 aromatic rings. The Hall–Kier alpha value is -0.590. The Labute approximate surface area is 121 Å². The van der Waals surface area contributed by atoms with Crippen molar-refractivity contribution in [3.05, 3.63) is 17.0 Å². The summed E-state index contributed by atoms with van der Waals surface area (Å²) in [4.78, 5) is 12.7. The first-order chi connectivity index (χ1) is 8.88. The summed E-state index contributed by atoms with van der Waals surface area (Å²) in [7, 11) is 1.62. The van der Waals surface area contributed by atoms with Gasteiger partial charge in [-0.1, -0.05) is 6.92 Å². The van der Waals surface area contributed by atoms with Gasteiger partial charge in [-0.15, -0.1) is 11.3 Å². The summed E-state index contributed by atoms with van der Waals surface area (Å²) in [5, 5.41) is 2.89. The van der Waals surface area contributed by atoms with Crippen LogP contribution in [0.15, 0.2) is 16.3 Å². The topological polar surface area (TPSA) is 63.2 Å². The van der Waals surface area contributed by atoms with Gasteiger partial charge in [-0.2, -0.15) is 0 Å². The zero-order chi connectivity index (χ0) is 14.0. The third kappa shape index (κ3) is 4.19. The summed E-state index contributed by atoms with van der Waals surface area (Å²) in [5.74, 6) is 0.723. The fourth-order valence-corrected chi connectivity index (χ4v) is 4.03. The number of hydrogen-bond acceptors (Lipinski definition) is 4. The van der Waals surface area contributed by atoms with Crippen molar-refractivity contribution in [3.8, 4) is 0 Å². The number of hydrogen-bond donors (Lipinski definition) is 1. The van der Waals surface area contributed by atoms with Gasteiger partial charge in [-0.05, 0) is 37.3 Å². The molecule has 1 heterocycles. The van der Waals surface area contributed by atoms with E-state index in [0.29, 0.717) is 18.9 Å². The Kier molecular flexibility index (Phi) is 4.53. The molecule has 0 aliphatic heterocycles. The number of halogens is 1. The molecule has 7 heteroatoms. The third-order valence-electron chi connectivity index (χ3n) is 3.29. The average Bonchev–Trinajstić information content (AvgIpc) is 3.06. The zero-order valence-corrected chi connectivity index (χ0v) is 12.9. The van der Waals surface area contributed by atoms with Gasteiger partial charge in [0.15, 0.2) is 0 Å². The van der Waals surface area contributed by atoms with Crippen LogP contribution in [0.3, 0.4) is 0 Å². The number of amides is 1. The summed E-state index contributed by atoms with van der Waals surface area (Å²) >= 11 is 1.15. The quantitative estimate of drug-likeness (QED) is 0.818. The number of nitrogens with one attached hydrogen (secondary N) is 1. The second kappa shape index (κ2) is 5.81. The van der Waals surface area contributed by atoms with E-state index in [9.17, 15) is 13.2 Å². The van der Waals surface area contributed by atoms with E-state index in [4.69, 9.17) is 10.7 Å². The van der Waals surface area contributed by atoms with Crippen LogP contribution in [0.1, 0.15) is 24.6 Å². The van der Waals surface area contributed by atoms with E-state index in [1.165, 1.54) is 6.07 Å². The maximum absolute atomic E-state index is 11.8. The van der Waals surface area contributed by atoms with Crippen LogP contribution in [0.4, 0.5) is 0 Å². The van der Waals surface area contributed by atoms with Gasteiger partial charge in [0.2, 0.25) is 5.91 Å². The Morgan fingerprint density at radius 2 is 2.21 bits per heavy atom. The van der Waals surface area contributed by atoms with Crippen molar-refractivity contribution in [1.29, 1.82) is 0 Å². The summed E-state index contributed by atoms with van der Waals surface area (Å²) in [6.45, 7) is 2.48. The summed E-state index contributed by atoms with van der Waals surface area (Å²) in [5.41, 5.74) is 0. The van der Waals surface area contributed by atoms with Crippen molar-refractivity contribution < 1.29 is 13.2 Å². The van der Waals surface area contributed by atoms with Crippen molar-refractivity contribution in [1.82, 2.24) is 5.32 Å². The summed E-state index contributed by atoms with van der Waals surface area (Å²) in [6.07, 6.45) is 2.92. The molecule has 1 unspecified atom stereocenters. The SMILES string of the molecule is CC(C(=O)NCCc1ccc(S(=O)(=O)Cl)s1)C1CC1. The van der Waals surface area contributed by atoms with Gasteiger partial charge in [0.05, 0.1) is 0 Å². The zero-order valence-electron chi connectivity index (χ0n) is 10.6. The van der Waals surface area contributed by atoms with Gasteiger partial charge < -0.3 is 5.32 Å². The van der Waals surface area contributed by atoms with Crippen LogP contribution < -0.4 is 5.32 Å². The first kappa shape index (κ1) is 14.8. The molecule has 1 saturated carbocycles. The van der Waals surface area contributed by atoms with Crippen molar-refractivity contribution in [2.75, 3.05) is 6.54 Å². The molecular formula is C12H16ClNO3S2. The van der Waals surface area contributed by atoms with Gasteiger partial charge >= 0.3 is 0 Å². The van der Waals surface area contributed by atoms with Gasteiger partial charge in [-0.25, -0.2) is 8.42 Å². The lowest BCUT2D eigenvalue weighted by atomic mass is 10.1. The first-order valence-corrected chi connectivity index (χ1v) is 9.31. The van der Waals surface area contributed by atoms with Crippen LogP contribution in [-0.2, 0) is 20.3 Å². The van der Waals surface area contributed by atoms with Crippen LogP contribution in [0, 0.1) is 11.8 Å². The van der Waals surface area contributed by atoms with Crippen molar-refractivity contribution >= 4 is 37.0 Å². The number of carbonyl (C=O) groups is 1. The van der Waals surface area contributed by atoms with Gasteiger partial charge in [-0.3, -0.25) is 4.79 Å². The Morgan fingerprint density at radius 1 is 1.53 bits per heavy atom. The van der Waals surface area contributed by atoms with E-state index in [2.05, 4.69) is 5.32 Å². The van der Waals surface area contributed by atoms with Gasteiger partial charge in [0.25, 0.3) is 9.05 Å². The molecule has 19 heavy (non-hydrogen) atoms. The van der Waals surface area contributed by atoms with Gasteiger partial charge in [0.1, 0.15) is 4.21 Å². The molecule has 106 valence electrons. The standard InChI is InChI=1S/C12H16ClNO3S2/c1-8(9-2-3-9)12(15)14-7-6-10-4-5-11(18-10)19(13,16)17/h4-5,8-9H,2-3,6-7H2,1H3,(H,14,15). The lowest BCUT2D eigenvalue weighted by Gasteiger charge is -2.10. The summed E-state index contributed by atoms with van der Waals surface area (Å²) in [6, 6.07) is 3.23. The lowest BCUT2D eigenvalue weighted by Crippen LogP contribution is -2.31. The minimum absolute atomic E-state index is 0.0853. The Balaban J connectivity index is 1.79. The van der Waals surface area contributed by atoms with E-state index in [0.717, 1.165) is 29.1 Å². The molecule has 2 rings (SSSR count). The molecule has 0 aromatic carbocycles. The molecule has 0 bridgehead atoms. The predicted molar refractivity (Wildman–Crippen MR) is 76.0 cm³/mol. The van der Waals surface area contributed by atoms with Crippen LogP contribution >= 0.6 is 22.0 Å². The van der Waals surface area contributed by atoms with Crippen LogP contribution in [0.2, 0.25) is 0 Å². The lowest BCUT2D eigenvalue weighted by molar-refractivity contribution is -0.125. The molecule has 0 radical (unpaired) electrons. The largest absolute Gasteiger partial charge is 0.356 e. The average molecular weight is 322 g/mol.